The number of halogens is 1. The van der Waals surface area contributed by atoms with E-state index in [1.165, 1.54) is 0 Å². The van der Waals surface area contributed by atoms with Gasteiger partial charge in [0, 0.05) is 35.1 Å². The first-order chi connectivity index (χ1) is 10.5. The van der Waals surface area contributed by atoms with Crippen molar-refractivity contribution in [3.8, 4) is 0 Å². The minimum atomic E-state index is -0.165. The van der Waals surface area contributed by atoms with Crippen molar-refractivity contribution in [3.05, 3.63) is 52.8 Å². The molecule has 5 nitrogen and oxygen atoms in total. The summed E-state index contributed by atoms with van der Waals surface area (Å²) in [5.74, 6) is -0.165. The van der Waals surface area contributed by atoms with E-state index in [1.807, 2.05) is 49.3 Å². The van der Waals surface area contributed by atoms with E-state index < -0.39 is 0 Å². The van der Waals surface area contributed by atoms with Gasteiger partial charge < -0.3 is 15.5 Å². The molecular formula is C16H19BrN4O. The molecule has 0 aliphatic rings. The molecule has 6 heteroatoms. The maximum Gasteiger partial charge on any atom is 0.269 e. The van der Waals surface area contributed by atoms with Gasteiger partial charge in [0.2, 0.25) is 0 Å². The third-order valence-corrected chi connectivity index (χ3v) is 3.50. The van der Waals surface area contributed by atoms with E-state index in [9.17, 15) is 4.79 Å². The Bertz CT molecular complexity index is 628. The number of benzene rings is 1. The van der Waals surface area contributed by atoms with Gasteiger partial charge in [0.05, 0.1) is 0 Å². The molecule has 0 saturated carbocycles. The van der Waals surface area contributed by atoms with Crippen molar-refractivity contribution in [3.63, 3.8) is 0 Å². The van der Waals surface area contributed by atoms with Crippen molar-refractivity contribution in [1.82, 2.24) is 15.2 Å². The molecule has 2 aromatic rings. The quantitative estimate of drug-likeness (QED) is 0.829. The molecule has 22 heavy (non-hydrogen) atoms. The summed E-state index contributed by atoms with van der Waals surface area (Å²) in [5.41, 5.74) is 2.18. The highest BCUT2D eigenvalue weighted by Gasteiger charge is 2.07. The first-order valence-electron chi connectivity index (χ1n) is 6.96. The summed E-state index contributed by atoms with van der Waals surface area (Å²) in [7, 11) is 3.93. The minimum Gasteiger partial charge on any atom is -0.355 e. The lowest BCUT2D eigenvalue weighted by Gasteiger charge is -2.11. The van der Waals surface area contributed by atoms with Crippen LogP contribution in [0.4, 0.5) is 11.4 Å². The summed E-state index contributed by atoms with van der Waals surface area (Å²) in [6.45, 7) is 1.39. The fourth-order valence-corrected chi connectivity index (χ4v) is 2.08. The fraction of sp³-hybridized carbons (Fsp3) is 0.250. The Morgan fingerprint density at radius 1 is 1.18 bits per heavy atom. The second-order valence-electron chi connectivity index (χ2n) is 5.12. The van der Waals surface area contributed by atoms with E-state index in [0.29, 0.717) is 12.2 Å². The summed E-state index contributed by atoms with van der Waals surface area (Å²) in [4.78, 5) is 18.2. The van der Waals surface area contributed by atoms with Crippen molar-refractivity contribution in [2.24, 2.45) is 0 Å². The SMILES string of the molecule is CN(C)CCNC(=O)c1cc(Nc2ccc(Br)cc2)ccn1. The Labute approximate surface area is 138 Å². The average molecular weight is 363 g/mol. The molecule has 116 valence electrons. The number of carbonyl (C=O) groups excluding carboxylic acids is 1. The molecule has 0 fully saturated rings. The molecule has 0 unspecified atom stereocenters. The number of anilines is 2. The second-order valence-corrected chi connectivity index (χ2v) is 6.04. The van der Waals surface area contributed by atoms with Gasteiger partial charge in [-0.1, -0.05) is 15.9 Å². The van der Waals surface area contributed by atoms with Gasteiger partial charge >= 0.3 is 0 Å². The van der Waals surface area contributed by atoms with E-state index in [1.54, 1.807) is 12.3 Å². The van der Waals surface area contributed by atoms with E-state index in [4.69, 9.17) is 0 Å². The summed E-state index contributed by atoms with van der Waals surface area (Å²) in [6.07, 6.45) is 1.63. The normalized spacial score (nSPS) is 10.5. The Morgan fingerprint density at radius 3 is 2.59 bits per heavy atom. The zero-order chi connectivity index (χ0) is 15.9. The number of hydrogen-bond acceptors (Lipinski definition) is 4. The Morgan fingerprint density at radius 2 is 1.91 bits per heavy atom. The van der Waals surface area contributed by atoms with Crippen LogP contribution in [0.5, 0.6) is 0 Å². The molecule has 1 amide bonds. The molecular weight excluding hydrogens is 344 g/mol. The zero-order valence-electron chi connectivity index (χ0n) is 12.6. The van der Waals surface area contributed by atoms with Gasteiger partial charge in [0.15, 0.2) is 0 Å². The highest BCUT2D eigenvalue weighted by Crippen LogP contribution is 2.19. The van der Waals surface area contributed by atoms with Crippen molar-refractivity contribution in [1.29, 1.82) is 0 Å². The van der Waals surface area contributed by atoms with Crippen LogP contribution in [-0.2, 0) is 0 Å². The lowest BCUT2D eigenvalue weighted by molar-refractivity contribution is 0.0946. The van der Waals surface area contributed by atoms with Crippen molar-refractivity contribution in [2.75, 3.05) is 32.5 Å². The largest absolute Gasteiger partial charge is 0.355 e. The first kappa shape index (κ1) is 16.5. The van der Waals surface area contributed by atoms with Crippen LogP contribution in [0.3, 0.4) is 0 Å². The average Bonchev–Trinajstić information content (AvgIpc) is 2.49. The number of carbonyl (C=O) groups is 1. The molecule has 1 aromatic carbocycles. The molecule has 0 radical (unpaired) electrons. The lowest BCUT2D eigenvalue weighted by atomic mass is 10.2. The zero-order valence-corrected chi connectivity index (χ0v) is 14.2. The van der Waals surface area contributed by atoms with Crippen LogP contribution in [0.15, 0.2) is 47.1 Å². The van der Waals surface area contributed by atoms with Gasteiger partial charge in [-0.25, -0.2) is 0 Å². The summed E-state index contributed by atoms with van der Waals surface area (Å²) < 4.78 is 1.02. The predicted molar refractivity (Wildman–Crippen MR) is 92.5 cm³/mol. The van der Waals surface area contributed by atoms with Crippen LogP contribution < -0.4 is 10.6 Å². The standard InChI is InChI=1S/C16H19BrN4O/c1-21(2)10-9-19-16(22)15-11-14(7-8-18-15)20-13-5-3-12(17)4-6-13/h3-8,11H,9-10H2,1-2H3,(H,18,20)(H,19,22). The predicted octanol–water partition coefficient (Wildman–Crippen LogP) is 2.88. The third-order valence-electron chi connectivity index (χ3n) is 2.97. The van der Waals surface area contributed by atoms with E-state index in [2.05, 4.69) is 31.5 Å². The molecule has 0 spiro atoms. The number of hydrogen-bond donors (Lipinski definition) is 2. The van der Waals surface area contributed by atoms with Crippen molar-refractivity contribution >= 4 is 33.2 Å². The van der Waals surface area contributed by atoms with Crippen LogP contribution in [0.25, 0.3) is 0 Å². The monoisotopic (exact) mass is 362 g/mol. The topological polar surface area (TPSA) is 57.3 Å². The van der Waals surface area contributed by atoms with Crippen LogP contribution in [0.2, 0.25) is 0 Å². The van der Waals surface area contributed by atoms with Crippen LogP contribution >= 0.6 is 15.9 Å². The number of pyridine rings is 1. The van der Waals surface area contributed by atoms with Gasteiger partial charge in [-0.2, -0.15) is 0 Å². The molecule has 0 aliphatic carbocycles. The van der Waals surface area contributed by atoms with E-state index >= 15 is 0 Å². The van der Waals surface area contributed by atoms with E-state index in [-0.39, 0.29) is 5.91 Å². The van der Waals surface area contributed by atoms with Gasteiger partial charge in [-0.3, -0.25) is 9.78 Å². The molecule has 2 N–H and O–H groups in total. The lowest BCUT2D eigenvalue weighted by Crippen LogP contribution is -2.31. The number of nitrogens with zero attached hydrogens (tertiary/aromatic N) is 2. The highest BCUT2D eigenvalue weighted by molar-refractivity contribution is 9.10. The Kier molecular flexibility index (Phi) is 5.91. The van der Waals surface area contributed by atoms with Crippen molar-refractivity contribution in [2.45, 2.75) is 0 Å². The summed E-state index contributed by atoms with van der Waals surface area (Å²) >= 11 is 3.40. The van der Waals surface area contributed by atoms with Crippen LogP contribution in [0, 0.1) is 0 Å². The number of aromatic nitrogens is 1. The highest BCUT2D eigenvalue weighted by atomic mass is 79.9. The maximum atomic E-state index is 12.0. The Balaban J connectivity index is 2.00. The third kappa shape index (κ3) is 5.13. The molecule has 2 rings (SSSR count). The molecule has 1 heterocycles. The minimum absolute atomic E-state index is 0.165. The maximum absolute atomic E-state index is 12.0. The van der Waals surface area contributed by atoms with Crippen LogP contribution in [-0.4, -0.2) is 43.0 Å². The van der Waals surface area contributed by atoms with Crippen molar-refractivity contribution < 1.29 is 4.79 Å². The number of amides is 1. The van der Waals surface area contributed by atoms with E-state index in [0.717, 1.165) is 22.4 Å². The van der Waals surface area contributed by atoms with Crippen LogP contribution in [0.1, 0.15) is 10.5 Å². The first-order valence-corrected chi connectivity index (χ1v) is 7.75. The van der Waals surface area contributed by atoms with Gasteiger partial charge in [0.25, 0.3) is 5.91 Å². The Hall–Kier alpha value is -1.92. The molecule has 1 aromatic heterocycles. The van der Waals surface area contributed by atoms with Gasteiger partial charge in [-0.05, 0) is 50.5 Å². The second kappa shape index (κ2) is 7.91. The molecule has 0 atom stereocenters. The van der Waals surface area contributed by atoms with Gasteiger partial charge in [-0.15, -0.1) is 0 Å². The molecule has 0 saturated heterocycles. The number of likely N-dealkylation sites (N-methyl/N-ethyl adjacent to an activating group) is 1. The fourth-order valence-electron chi connectivity index (χ4n) is 1.82. The smallest absolute Gasteiger partial charge is 0.269 e. The molecule has 0 aliphatic heterocycles. The number of rotatable bonds is 6. The van der Waals surface area contributed by atoms with Gasteiger partial charge in [0.1, 0.15) is 5.69 Å². The number of nitrogens with one attached hydrogen (secondary N) is 2. The summed E-state index contributed by atoms with van der Waals surface area (Å²) in [5, 5.41) is 6.10. The molecule has 0 bridgehead atoms. The summed E-state index contributed by atoms with van der Waals surface area (Å²) in [6, 6.07) is 11.4.